The molecule has 1 aliphatic rings. The van der Waals surface area contributed by atoms with E-state index in [1.54, 1.807) is 18.2 Å². The third-order valence-corrected chi connectivity index (χ3v) is 9.20. The van der Waals surface area contributed by atoms with Gasteiger partial charge in [0.2, 0.25) is 11.8 Å². The Morgan fingerprint density at radius 2 is 1.57 bits per heavy atom. The van der Waals surface area contributed by atoms with E-state index in [4.69, 9.17) is 0 Å². The van der Waals surface area contributed by atoms with Crippen molar-refractivity contribution in [1.82, 2.24) is 10.2 Å². The van der Waals surface area contributed by atoms with Crippen LogP contribution in [-0.2, 0) is 26.2 Å². The van der Waals surface area contributed by atoms with E-state index in [2.05, 4.69) is 5.32 Å². The van der Waals surface area contributed by atoms with Gasteiger partial charge in [-0.1, -0.05) is 62.2 Å². The topological polar surface area (TPSA) is 86.8 Å². The summed E-state index contributed by atoms with van der Waals surface area (Å²) >= 11 is 0. The summed E-state index contributed by atoms with van der Waals surface area (Å²) in [6, 6.07) is 19.7. The molecule has 0 aliphatic heterocycles. The fourth-order valence-corrected chi connectivity index (χ4v) is 6.55. The number of nitrogens with one attached hydrogen (secondary N) is 1. The molecule has 0 bridgehead atoms. The van der Waals surface area contributed by atoms with Crippen molar-refractivity contribution < 1.29 is 22.4 Å². The van der Waals surface area contributed by atoms with Gasteiger partial charge in [-0.2, -0.15) is 0 Å². The van der Waals surface area contributed by atoms with E-state index >= 15 is 0 Å². The zero-order valence-corrected chi connectivity index (χ0v) is 23.7. The van der Waals surface area contributed by atoms with Crippen molar-refractivity contribution >= 4 is 27.5 Å². The van der Waals surface area contributed by atoms with E-state index in [0.29, 0.717) is 6.42 Å². The summed E-state index contributed by atoms with van der Waals surface area (Å²) in [5.41, 5.74) is 1.97. The Hall–Kier alpha value is -3.72. The fraction of sp³-hybridized carbons (Fsp3) is 0.355. The predicted octanol–water partition coefficient (Wildman–Crippen LogP) is 5.20. The van der Waals surface area contributed by atoms with Gasteiger partial charge in [0.05, 0.1) is 10.6 Å². The summed E-state index contributed by atoms with van der Waals surface area (Å²) in [6.07, 6.45) is 4.27. The SMILES string of the molecule is CC[C@@H](C(=O)NC1CCCC1)N(Cc1ccccc1C)C(=O)CN(c1ccc(F)cc1)S(=O)(=O)c1ccccc1. The van der Waals surface area contributed by atoms with Gasteiger partial charge in [-0.05, 0) is 73.7 Å². The lowest BCUT2D eigenvalue weighted by atomic mass is 10.1. The summed E-state index contributed by atoms with van der Waals surface area (Å²) < 4.78 is 42.3. The second-order valence-corrected chi connectivity index (χ2v) is 12.0. The fourth-order valence-electron chi connectivity index (χ4n) is 5.11. The van der Waals surface area contributed by atoms with Gasteiger partial charge in [0.1, 0.15) is 18.4 Å². The quantitative estimate of drug-likeness (QED) is 0.347. The van der Waals surface area contributed by atoms with E-state index in [0.717, 1.165) is 53.2 Å². The van der Waals surface area contributed by atoms with E-state index in [-0.39, 0.29) is 29.1 Å². The number of sulfonamides is 1. The monoisotopic (exact) mass is 565 g/mol. The Balaban J connectivity index is 1.71. The van der Waals surface area contributed by atoms with Crippen molar-refractivity contribution in [3.05, 3.63) is 95.8 Å². The first-order chi connectivity index (χ1) is 19.2. The number of amides is 2. The van der Waals surface area contributed by atoms with Crippen LogP contribution in [0.5, 0.6) is 0 Å². The maximum Gasteiger partial charge on any atom is 0.264 e. The molecule has 40 heavy (non-hydrogen) atoms. The minimum absolute atomic E-state index is 0.00333. The molecule has 3 aromatic carbocycles. The van der Waals surface area contributed by atoms with Crippen LogP contribution in [0, 0.1) is 12.7 Å². The van der Waals surface area contributed by atoms with Crippen molar-refractivity contribution in [1.29, 1.82) is 0 Å². The normalized spacial score (nSPS) is 14.5. The van der Waals surface area contributed by atoms with Gasteiger partial charge < -0.3 is 10.2 Å². The highest BCUT2D eigenvalue weighted by Gasteiger charge is 2.34. The number of aryl methyl sites for hydroxylation is 1. The summed E-state index contributed by atoms with van der Waals surface area (Å²) in [6.45, 7) is 3.37. The zero-order chi connectivity index (χ0) is 28.7. The summed E-state index contributed by atoms with van der Waals surface area (Å²) in [5, 5.41) is 3.11. The molecule has 4 rings (SSSR count). The second-order valence-electron chi connectivity index (χ2n) is 10.2. The van der Waals surface area contributed by atoms with Crippen molar-refractivity contribution in [2.75, 3.05) is 10.8 Å². The maximum absolute atomic E-state index is 14.1. The molecule has 1 aliphatic carbocycles. The number of hydrogen-bond acceptors (Lipinski definition) is 4. The van der Waals surface area contributed by atoms with Gasteiger partial charge >= 0.3 is 0 Å². The summed E-state index contributed by atoms with van der Waals surface area (Å²) in [7, 11) is -4.19. The highest BCUT2D eigenvalue weighted by Crippen LogP contribution is 2.26. The van der Waals surface area contributed by atoms with Crippen molar-refractivity contribution in [2.24, 2.45) is 0 Å². The van der Waals surface area contributed by atoms with E-state index in [1.807, 2.05) is 38.1 Å². The third-order valence-electron chi connectivity index (χ3n) is 7.41. The Kier molecular flexibility index (Phi) is 9.58. The van der Waals surface area contributed by atoms with Crippen LogP contribution in [0.3, 0.4) is 0 Å². The summed E-state index contributed by atoms with van der Waals surface area (Å²) in [4.78, 5) is 29.1. The molecule has 7 nitrogen and oxygen atoms in total. The smallest absolute Gasteiger partial charge is 0.264 e. The molecular weight excluding hydrogens is 529 g/mol. The van der Waals surface area contributed by atoms with Gasteiger partial charge in [0.15, 0.2) is 0 Å². The first-order valence-electron chi connectivity index (χ1n) is 13.7. The molecule has 1 atom stereocenters. The highest BCUT2D eigenvalue weighted by molar-refractivity contribution is 7.92. The van der Waals surface area contributed by atoms with E-state index < -0.39 is 34.3 Å². The van der Waals surface area contributed by atoms with Gasteiger partial charge in [-0.25, -0.2) is 12.8 Å². The third kappa shape index (κ3) is 6.88. The molecule has 2 amide bonds. The minimum Gasteiger partial charge on any atom is -0.352 e. The molecule has 0 spiro atoms. The predicted molar refractivity (Wildman–Crippen MR) is 154 cm³/mol. The van der Waals surface area contributed by atoms with Crippen molar-refractivity contribution in [2.45, 2.75) is 69.5 Å². The van der Waals surface area contributed by atoms with Crippen LogP contribution in [0.4, 0.5) is 10.1 Å². The molecule has 9 heteroatoms. The van der Waals surface area contributed by atoms with Crippen LogP contribution in [-0.4, -0.2) is 43.8 Å². The van der Waals surface area contributed by atoms with Crippen LogP contribution in [0.15, 0.2) is 83.8 Å². The Morgan fingerprint density at radius 3 is 2.20 bits per heavy atom. The van der Waals surface area contributed by atoms with Crippen LogP contribution in [0.2, 0.25) is 0 Å². The number of benzene rings is 3. The van der Waals surface area contributed by atoms with Crippen LogP contribution < -0.4 is 9.62 Å². The molecule has 0 aromatic heterocycles. The lowest BCUT2D eigenvalue weighted by Gasteiger charge is -2.34. The minimum atomic E-state index is -4.19. The lowest BCUT2D eigenvalue weighted by Crippen LogP contribution is -2.53. The molecule has 1 fully saturated rings. The number of halogens is 1. The number of anilines is 1. The van der Waals surface area contributed by atoms with Crippen LogP contribution >= 0.6 is 0 Å². The van der Waals surface area contributed by atoms with E-state index in [1.165, 1.54) is 29.2 Å². The molecule has 1 saturated carbocycles. The van der Waals surface area contributed by atoms with Crippen LogP contribution in [0.25, 0.3) is 0 Å². The molecule has 0 radical (unpaired) electrons. The average molecular weight is 566 g/mol. The zero-order valence-electron chi connectivity index (χ0n) is 22.9. The molecule has 0 unspecified atom stereocenters. The Labute approximate surface area is 236 Å². The number of hydrogen-bond donors (Lipinski definition) is 1. The molecule has 212 valence electrons. The largest absolute Gasteiger partial charge is 0.352 e. The van der Waals surface area contributed by atoms with Crippen molar-refractivity contribution in [3.8, 4) is 0 Å². The Morgan fingerprint density at radius 1 is 0.950 bits per heavy atom. The maximum atomic E-state index is 14.1. The molecule has 1 N–H and O–H groups in total. The number of carbonyl (C=O) groups is 2. The molecule has 3 aromatic rings. The van der Waals surface area contributed by atoms with Crippen LogP contribution in [0.1, 0.15) is 50.2 Å². The number of rotatable bonds is 11. The van der Waals surface area contributed by atoms with Crippen molar-refractivity contribution in [3.63, 3.8) is 0 Å². The second kappa shape index (κ2) is 13.1. The lowest BCUT2D eigenvalue weighted by molar-refractivity contribution is -0.140. The van der Waals surface area contributed by atoms with Gasteiger partial charge in [0.25, 0.3) is 10.0 Å². The number of carbonyl (C=O) groups excluding carboxylic acids is 2. The Bertz CT molecular complexity index is 1410. The summed E-state index contributed by atoms with van der Waals surface area (Å²) in [5.74, 6) is -1.29. The van der Waals surface area contributed by atoms with Gasteiger partial charge in [0, 0.05) is 12.6 Å². The first kappa shape index (κ1) is 29.3. The van der Waals surface area contributed by atoms with Gasteiger partial charge in [-0.15, -0.1) is 0 Å². The van der Waals surface area contributed by atoms with Gasteiger partial charge in [-0.3, -0.25) is 13.9 Å². The highest BCUT2D eigenvalue weighted by atomic mass is 32.2. The molecule has 0 saturated heterocycles. The standard InChI is InChI=1S/C31H36FN3O4S/c1-3-29(31(37)33-26-13-9-10-14-26)34(21-24-12-8-7-11-23(24)2)30(36)22-35(27-19-17-25(32)18-20-27)40(38,39)28-15-5-4-6-16-28/h4-8,11-12,15-20,26,29H,3,9-10,13-14,21-22H2,1-2H3,(H,33,37)/t29-/m0/s1. The average Bonchev–Trinajstić information content (AvgIpc) is 3.46. The molecular formula is C31H36FN3O4S. The first-order valence-corrected chi connectivity index (χ1v) is 15.1. The molecule has 0 heterocycles. The number of nitrogens with zero attached hydrogens (tertiary/aromatic N) is 2. The van der Waals surface area contributed by atoms with E-state index in [9.17, 15) is 22.4 Å².